The summed E-state index contributed by atoms with van der Waals surface area (Å²) in [5.74, 6) is 0.0780. The van der Waals surface area contributed by atoms with Crippen LogP contribution in [-0.2, 0) is 21.2 Å². The second kappa shape index (κ2) is 5.70. The van der Waals surface area contributed by atoms with Crippen LogP contribution in [0.25, 0.3) is 0 Å². The molecule has 1 aliphatic rings. The lowest BCUT2D eigenvalue weighted by molar-refractivity contribution is 0.187. The highest BCUT2D eigenvalue weighted by Gasteiger charge is 2.26. The Morgan fingerprint density at radius 2 is 2.20 bits per heavy atom. The summed E-state index contributed by atoms with van der Waals surface area (Å²) >= 11 is 0. The molecule has 110 valence electrons. The number of ether oxygens (including phenoxy) is 1. The van der Waals surface area contributed by atoms with Gasteiger partial charge in [0.25, 0.3) is 0 Å². The molecule has 0 aliphatic carbocycles. The Bertz CT molecular complexity index is 613. The molecular weight excluding hydrogens is 280 g/mol. The number of methoxy groups -OCH3 is 1. The Labute approximate surface area is 118 Å². The van der Waals surface area contributed by atoms with Gasteiger partial charge >= 0.3 is 6.09 Å². The average Bonchev–Trinajstić information content (AvgIpc) is 2.46. The minimum Gasteiger partial charge on any atom is -0.453 e. The molecule has 1 amide bonds. The van der Waals surface area contributed by atoms with E-state index < -0.39 is 16.1 Å². The summed E-state index contributed by atoms with van der Waals surface area (Å²) in [5.41, 5.74) is 2.22. The van der Waals surface area contributed by atoms with Crippen molar-refractivity contribution in [2.45, 2.75) is 19.8 Å². The Morgan fingerprint density at radius 3 is 2.85 bits per heavy atom. The normalized spacial score (nSPS) is 14.6. The molecule has 7 heteroatoms. The number of nitrogens with one attached hydrogen (secondary N) is 1. The van der Waals surface area contributed by atoms with Crippen molar-refractivity contribution in [1.82, 2.24) is 0 Å². The van der Waals surface area contributed by atoms with E-state index in [9.17, 15) is 13.2 Å². The fourth-order valence-corrected chi connectivity index (χ4v) is 3.45. The van der Waals surface area contributed by atoms with Gasteiger partial charge in [0, 0.05) is 12.2 Å². The fraction of sp³-hybridized carbons (Fsp3) is 0.462. The number of hydrogen-bond acceptors (Lipinski definition) is 4. The molecule has 1 N–H and O–H groups in total. The lowest BCUT2D eigenvalue weighted by Crippen LogP contribution is -2.36. The van der Waals surface area contributed by atoms with Gasteiger partial charge in [-0.15, -0.1) is 0 Å². The first-order chi connectivity index (χ1) is 9.47. The Balaban J connectivity index is 2.33. The standard InChI is InChI=1S/C13H18N2O4S/c1-3-20(17,18)15-8-4-5-10-9-11(6-7-12(10)15)14-13(16)19-2/h6-7,9H,3-5,8H2,1-2H3,(H,14,16). The Hall–Kier alpha value is -1.76. The second-order valence-corrected chi connectivity index (χ2v) is 6.72. The van der Waals surface area contributed by atoms with Gasteiger partial charge in [0.2, 0.25) is 10.0 Å². The molecule has 1 heterocycles. The highest BCUT2D eigenvalue weighted by atomic mass is 32.2. The third-order valence-electron chi connectivity index (χ3n) is 3.29. The van der Waals surface area contributed by atoms with Gasteiger partial charge in [-0.25, -0.2) is 13.2 Å². The van der Waals surface area contributed by atoms with Gasteiger partial charge in [0.15, 0.2) is 0 Å². The van der Waals surface area contributed by atoms with E-state index >= 15 is 0 Å². The van der Waals surface area contributed by atoms with Crippen molar-refractivity contribution in [3.05, 3.63) is 23.8 Å². The van der Waals surface area contributed by atoms with E-state index in [0.717, 1.165) is 18.4 Å². The van der Waals surface area contributed by atoms with Crippen LogP contribution in [-0.4, -0.2) is 33.9 Å². The van der Waals surface area contributed by atoms with Crippen LogP contribution < -0.4 is 9.62 Å². The molecule has 6 nitrogen and oxygen atoms in total. The number of hydrogen-bond donors (Lipinski definition) is 1. The van der Waals surface area contributed by atoms with E-state index in [0.29, 0.717) is 17.9 Å². The minimum absolute atomic E-state index is 0.0780. The van der Waals surface area contributed by atoms with Crippen molar-refractivity contribution < 1.29 is 17.9 Å². The van der Waals surface area contributed by atoms with Gasteiger partial charge in [0.05, 0.1) is 18.6 Å². The summed E-state index contributed by atoms with van der Waals surface area (Å²) in [7, 11) is -1.96. The highest BCUT2D eigenvalue weighted by Crippen LogP contribution is 2.31. The molecule has 0 saturated heterocycles. The van der Waals surface area contributed by atoms with Gasteiger partial charge in [0.1, 0.15) is 0 Å². The monoisotopic (exact) mass is 298 g/mol. The number of carbonyl (C=O) groups excluding carboxylic acids is 1. The van der Waals surface area contributed by atoms with Crippen molar-refractivity contribution in [2.24, 2.45) is 0 Å². The molecule has 2 rings (SSSR count). The number of carbonyl (C=O) groups is 1. The van der Waals surface area contributed by atoms with Crippen LogP contribution in [0.5, 0.6) is 0 Å². The van der Waals surface area contributed by atoms with Crippen molar-refractivity contribution in [1.29, 1.82) is 0 Å². The predicted octanol–water partition coefficient (Wildman–Crippen LogP) is 1.97. The van der Waals surface area contributed by atoms with Gasteiger partial charge in [-0.05, 0) is 43.5 Å². The van der Waals surface area contributed by atoms with E-state index in [2.05, 4.69) is 10.1 Å². The maximum Gasteiger partial charge on any atom is 0.411 e. The summed E-state index contributed by atoms with van der Waals surface area (Å²) in [6.07, 6.45) is 1.02. The Morgan fingerprint density at radius 1 is 1.45 bits per heavy atom. The third-order valence-corrected chi connectivity index (χ3v) is 5.07. The van der Waals surface area contributed by atoms with E-state index in [1.54, 1.807) is 25.1 Å². The summed E-state index contributed by atoms with van der Waals surface area (Å²) in [6, 6.07) is 5.20. The van der Waals surface area contributed by atoms with E-state index in [-0.39, 0.29) is 5.75 Å². The molecule has 0 unspecified atom stereocenters. The fourth-order valence-electron chi connectivity index (χ4n) is 2.25. The number of rotatable bonds is 3. The smallest absolute Gasteiger partial charge is 0.411 e. The topological polar surface area (TPSA) is 75.7 Å². The molecule has 0 fully saturated rings. The van der Waals surface area contributed by atoms with Crippen LogP contribution >= 0.6 is 0 Å². The first kappa shape index (κ1) is 14.6. The largest absolute Gasteiger partial charge is 0.453 e. The van der Waals surface area contributed by atoms with Crippen LogP contribution in [0.15, 0.2) is 18.2 Å². The molecule has 20 heavy (non-hydrogen) atoms. The van der Waals surface area contributed by atoms with Crippen molar-refractivity contribution >= 4 is 27.5 Å². The lowest BCUT2D eigenvalue weighted by atomic mass is 10.0. The number of aryl methyl sites for hydroxylation is 1. The molecule has 0 radical (unpaired) electrons. The minimum atomic E-state index is -3.25. The van der Waals surface area contributed by atoms with E-state index in [1.807, 2.05) is 0 Å². The molecular formula is C13H18N2O4S. The van der Waals surface area contributed by atoms with Gasteiger partial charge in [-0.3, -0.25) is 9.62 Å². The average molecular weight is 298 g/mol. The number of amides is 1. The quantitative estimate of drug-likeness (QED) is 0.925. The van der Waals surface area contributed by atoms with Crippen molar-refractivity contribution in [3.63, 3.8) is 0 Å². The van der Waals surface area contributed by atoms with E-state index in [1.165, 1.54) is 11.4 Å². The number of benzene rings is 1. The molecule has 1 aliphatic heterocycles. The second-order valence-electron chi connectivity index (χ2n) is 4.54. The van der Waals surface area contributed by atoms with E-state index in [4.69, 9.17) is 0 Å². The van der Waals surface area contributed by atoms with Crippen LogP contribution in [0.4, 0.5) is 16.2 Å². The number of anilines is 2. The lowest BCUT2D eigenvalue weighted by Gasteiger charge is -2.30. The van der Waals surface area contributed by atoms with Gasteiger partial charge in [-0.1, -0.05) is 0 Å². The number of nitrogens with zero attached hydrogens (tertiary/aromatic N) is 1. The third kappa shape index (κ3) is 2.87. The maximum absolute atomic E-state index is 12.1. The summed E-state index contributed by atoms with van der Waals surface area (Å²) in [6.45, 7) is 2.14. The summed E-state index contributed by atoms with van der Waals surface area (Å²) in [4.78, 5) is 11.2. The molecule has 1 aromatic rings. The zero-order chi connectivity index (χ0) is 14.8. The molecule has 0 spiro atoms. The summed E-state index contributed by atoms with van der Waals surface area (Å²) in [5, 5.41) is 2.58. The molecule has 0 bridgehead atoms. The molecule has 0 saturated carbocycles. The highest BCUT2D eigenvalue weighted by molar-refractivity contribution is 7.92. The predicted molar refractivity (Wildman–Crippen MR) is 77.6 cm³/mol. The molecule has 0 atom stereocenters. The maximum atomic E-state index is 12.1. The van der Waals surface area contributed by atoms with Crippen LogP contribution in [0, 0.1) is 0 Å². The van der Waals surface area contributed by atoms with Crippen LogP contribution in [0.2, 0.25) is 0 Å². The van der Waals surface area contributed by atoms with Gasteiger partial charge < -0.3 is 4.74 Å². The zero-order valence-corrected chi connectivity index (χ0v) is 12.4. The SMILES string of the molecule is CCS(=O)(=O)N1CCCc2cc(NC(=O)OC)ccc21. The Kier molecular flexibility index (Phi) is 4.17. The first-order valence-electron chi connectivity index (χ1n) is 6.46. The van der Waals surface area contributed by atoms with Gasteiger partial charge in [-0.2, -0.15) is 0 Å². The van der Waals surface area contributed by atoms with Crippen molar-refractivity contribution in [2.75, 3.05) is 29.0 Å². The molecule has 1 aromatic carbocycles. The summed E-state index contributed by atoms with van der Waals surface area (Å²) < 4.78 is 30.1. The zero-order valence-electron chi connectivity index (χ0n) is 11.5. The molecule has 0 aromatic heterocycles. The van der Waals surface area contributed by atoms with Crippen LogP contribution in [0.3, 0.4) is 0 Å². The van der Waals surface area contributed by atoms with Crippen molar-refractivity contribution in [3.8, 4) is 0 Å². The number of sulfonamides is 1. The first-order valence-corrected chi connectivity index (χ1v) is 8.07. The van der Waals surface area contributed by atoms with Crippen LogP contribution in [0.1, 0.15) is 18.9 Å². The number of fused-ring (bicyclic) bond motifs is 1.